The maximum absolute atomic E-state index is 11.9. The van der Waals surface area contributed by atoms with Crippen LogP contribution in [0.5, 0.6) is 0 Å². The van der Waals surface area contributed by atoms with Crippen LogP contribution in [0.1, 0.15) is 47.0 Å². The van der Waals surface area contributed by atoms with E-state index in [0.717, 1.165) is 32.7 Å². The second kappa shape index (κ2) is 15.3. The molecule has 2 N–H and O–H groups in total. The Morgan fingerprint density at radius 1 is 1.29 bits per heavy atom. The number of halogens is 1. The molecule has 1 heterocycles. The summed E-state index contributed by atoms with van der Waals surface area (Å²) in [5.74, 6) is 1.20. The Labute approximate surface area is 189 Å². The van der Waals surface area contributed by atoms with E-state index >= 15 is 0 Å². The molecule has 0 radical (unpaired) electrons. The first kappa shape index (κ1) is 27.4. The minimum Gasteiger partial charge on any atom is -0.378 e. The molecule has 2 atom stereocenters. The molecule has 0 aromatic heterocycles. The summed E-state index contributed by atoms with van der Waals surface area (Å²) in [5, 5.41) is 6.83. The van der Waals surface area contributed by atoms with E-state index < -0.39 is 0 Å². The molecule has 0 aromatic carbocycles. The Balaban J connectivity index is 0.00000729. The standard InChI is InChI=1S/C20H41N5O2.HI/c1-7-25-13-9-10-17(25)14-22-20(23-15-19(26)24(5)6)21-12-11-18(16(3)4)27-8-2;/h16-18H,7-15H2,1-6H3,(H2,21,22,23);1H. The summed E-state index contributed by atoms with van der Waals surface area (Å²) in [4.78, 5) is 20.5. The van der Waals surface area contributed by atoms with Crippen LogP contribution in [0.2, 0.25) is 0 Å². The highest BCUT2D eigenvalue weighted by molar-refractivity contribution is 14.0. The molecule has 1 fully saturated rings. The van der Waals surface area contributed by atoms with E-state index in [1.807, 2.05) is 6.92 Å². The summed E-state index contributed by atoms with van der Waals surface area (Å²) < 4.78 is 5.82. The molecule has 1 rings (SSSR count). The molecule has 0 aliphatic carbocycles. The number of nitrogens with zero attached hydrogens (tertiary/aromatic N) is 3. The summed E-state index contributed by atoms with van der Waals surface area (Å²) >= 11 is 0. The van der Waals surface area contributed by atoms with Gasteiger partial charge in [-0.15, -0.1) is 24.0 Å². The van der Waals surface area contributed by atoms with E-state index in [1.165, 1.54) is 19.4 Å². The first-order valence-corrected chi connectivity index (χ1v) is 10.5. The number of aliphatic imine (C=N–C) groups is 1. The van der Waals surface area contributed by atoms with E-state index in [4.69, 9.17) is 4.74 Å². The SMILES string of the molecule is CCOC(CCNC(=NCC(=O)N(C)C)NCC1CCCN1CC)C(C)C.I. The zero-order valence-electron chi connectivity index (χ0n) is 18.7. The zero-order valence-corrected chi connectivity index (χ0v) is 21.0. The van der Waals surface area contributed by atoms with Crippen molar-refractivity contribution >= 4 is 35.8 Å². The van der Waals surface area contributed by atoms with Gasteiger partial charge >= 0.3 is 0 Å². The Hall–Kier alpha value is -0.610. The molecule has 7 nitrogen and oxygen atoms in total. The van der Waals surface area contributed by atoms with Crippen molar-refractivity contribution in [3.8, 4) is 0 Å². The van der Waals surface area contributed by atoms with Crippen LogP contribution in [0, 0.1) is 5.92 Å². The highest BCUT2D eigenvalue weighted by Gasteiger charge is 2.23. The number of carbonyl (C=O) groups is 1. The van der Waals surface area contributed by atoms with Gasteiger partial charge in [0.2, 0.25) is 5.91 Å². The Morgan fingerprint density at radius 3 is 2.57 bits per heavy atom. The fourth-order valence-corrected chi connectivity index (χ4v) is 3.38. The highest BCUT2D eigenvalue weighted by atomic mass is 127. The lowest BCUT2D eigenvalue weighted by Gasteiger charge is -2.25. The number of hydrogen-bond acceptors (Lipinski definition) is 4. The number of guanidine groups is 1. The zero-order chi connectivity index (χ0) is 20.2. The van der Waals surface area contributed by atoms with Crippen LogP contribution >= 0.6 is 24.0 Å². The number of ether oxygens (including phenoxy) is 1. The van der Waals surface area contributed by atoms with Crippen LogP contribution in [0.15, 0.2) is 4.99 Å². The number of nitrogens with one attached hydrogen (secondary N) is 2. The number of amides is 1. The minimum atomic E-state index is 0. The van der Waals surface area contributed by atoms with E-state index in [1.54, 1.807) is 19.0 Å². The van der Waals surface area contributed by atoms with Gasteiger partial charge in [0, 0.05) is 39.8 Å². The highest BCUT2D eigenvalue weighted by Crippen LogP contribution is 2.15. The normalized spacial score (nSPS) is 18.7. The number of likely N-dealkylation sites (tertiary alicyclic amines) is 1. The van der Waals surface area contributed by atoms with E-state index in [0.29, 0.717) is 17.9 Å². The number of carbonyl (C=O) groups excluding carboxylic acids is 1. The molecule has 0 saturated carbocycles. The van der Waals surface area contributed by atoms with Gasteiger partial charge in [0.25, 0.3) is 0 Å². The molecule has 2 unspecified atom stereocenters. The second-order valence-electron chi connectivity index (χ2n) is 7.71. The summed E-state index contributed by atoms with van der Waals surface area (Å²) in [5.41, 5.74) is 0. The van der Waals surface area contributed by atoms with Gasteiger partial charge in [-0.2, -0.15) is 0 Å². The van der Waals surface area contributed by atoms with Crippen LogP contribution in [0.3, 0.4) is 0 Å². The van der Waals surface area contributed by atoms with Gasteiger partial charge in [-0.1, -0.05) is 20.8 Å². The Bertz CT molecular complexity index is 460. The van der Waals surface area contributed by atoms with Gasteiger partial charge < -0.3 is 20.3 Å². The smallest absolute Gasteiger partial charge is 0.243 e. The van der Waals surface area contributed by atoms with Crippen LogP contribution in [-0.2, 0) is 9.53 Å². The van der Waals surface area contributed by atoms with Crippen LogP contribution in [0.4, 0.5) is 0 Å². The lowest BCUT2D eigenvalue weighted by atomic mass is 10.0. The van der Waals surface area contributed by atoms with Crippen molar-refractivity contribution in [3.05, 3.63) is 0 Å². The summed E-state index contributed by atoms with van der Waals surface area (Å²) in [6.07, 6.45) is 3.62. The van der Waals surface area contributed by atoms with Crippen molar-refractivity contribution in [1.29, 1.82) is 0 Å². The summed E-state index contributed by atoms with van der Waals surface area (Å²) in [6, 6.07) is 0.540. The van der Waals surface area contributed by atoms with Gasteiger partial charge in [0.15, 0.2) is 5.96 Å². The van der Waals surface area contributed by atoms with Gasteiger partial charge in [-0.25, -0.2) is 4.99 Å². The van der Waals surface area contributed by atoms with Crippen molar-refractivity contribution in [2.75, 3.05) is 53.4 Å². The first-order valence-electron chi connectivity index (χ1n) is 10.5. The van der Waals surface area contributed by atoms with Crippen molar-refractivity contribution in [3.63, 3.8) is 0 Å². The molecule has 0 spiro atoms. The monoisotopic (exact) mass is 511 g/mol. The number of rotatable bonds is 11. The van der Waals surface area contributed by atoms with E-state index in [9.17, 15) is 4.79 Å². The second-order valence-corrected chi connectivity index (χ2v) is 7.71. The number of likely N-dealkylation sites (N-methyl/N-ethyl adjacent to an activating group) is 2. The first-order chi connectivity index (χ1) is 12.9. The molecule has 1 saturated heterocycles. The van der Waals surface area contributed by atoms with E-state index in [2.05, 4.69) is 41.3 Å². The van der Waals surface area contributed by atoms with Gasteiger partial charge in [-0.05, 0) is 45.2 Å². The Kier molecular flexibility index (Phi) is 14.9. The molecule has 28 heavy (non-hydrogen) atoms. The molecule has 0 bridgehead atoms. The largest absolute Gasteiger partial charge is 0.378 e. The fraction of sp³-hybridized carbons (Fsp3) is 0.900. The minimum absolute atomic E-state index is 0. The molecule has 0 aromatic rings. The molecule has 1 aliphatic rings. The third-order valence-electron chi connectivity index (χ3n) is 5.13. The lowest BCUT2D eigenvalue weighted by molar-refractivity contribution is -0.127. The summed E-state index contributed by atoms with van der Waals surface area (Å²) in [7, 11) is 3.51. The predicted octanol–water partition coefficient (Wildman–Crippen LogP) is 2.16. The molecule has 166 valence electrons. The average molecular weight is 511 g/mol. The fourth-order valence-electron chi connectivity index (χ4n) is 3.38. The van der Waals surface area contributed by atoms with E-state index in [-0.39, 0.29) is 42.5 Å². The maximum Gasteiger partial charge on any atom is 0.243 e. The third-order valence-corrected chi connectivity index (χ3v) is 5.13. The number of hydrogen-bond donors (Lipinski definition) is 2. The van der Waals surface area contributed by atoms with Crippen LogP contribution < -0.4 is 10.6 Å². The maximum atomic E-state index is 11.9. The Morgan fingerprint density at radius 2 is 2.00 bits per heavy atom. The predicted molar refractivity (Wildman–Crippen MR) is 128 cm³/mol. The molecule has 1 amide bonds. The molecular weight excluding hydrogens is 469 g/mol. The van der Waals surface area contributed by atoms with Crippen LogP contribution in [-0.4, -0.2) is 87.2 Å². The van der Waals surface area contributed by atoms with Gasteiger partial charge in [0.05, 0.1) is 6.10 Å². The van der Waals surface area contributed by atoms with Crippen molar-refractivity contribution in [1.82, 2.24) is 20.4 Å². The molecule has 8 heteroatoms. The third kappa shape index (κ3) is 10.2. The van der Waals surface area contributed by atoms with Crippen molar-refractivity contribution in [2.45, 2.75) is 59.1 Å². The van der Waals surface area contributed by atoms with Crippen molar-refractivity contribution in [2.24, 2.45) is 10.9 Å². The lowest BCUT2D eigenvalue weighted by Crippen LogP contribution is -2.46. The topological polar surface area (TPSA) is 69.2 Å². The van der Waals surface area contributed by atoms with Crippen LogP contribution in [0.25, 0.3) is 0 Å². The van der Waals surface area contributed by atoms with Gasteiger partial charge in [-0.3, -0.25) is 9.69 Å². The van der Waals surface area contributed by atoms with Gasteiger partial charge in [0.1, 0.15) is 6.54 Å². The molecular formula is C20H42IN5O2. The summed E-state index contributed by atoms with van der Waals surface area (Å²) in [6.45, 7) is 13.4. The molecule has 1 aliphatic heterocycles. The quantitative estimate of drug-likeness (QED) is 0.253. The average Bonchev–Trinajstić information content (AvgIpc) is 3.09. The van der Waals surface area contributed by atoms with Crippen molar-refractivity contribution < 1.29 is 9.53 Å².